The number of benzene rings is 4. The van der Waals surface area contributed by atoms with Gasteiger partial charge in [0.25, 0.3) is 11.8 Å². The fourth-order valence-electron chi connectivity index (χ4n) is 6.43. The van der Waals surface area contributed by atoms with Crippen LogP contribution < -0.4 is 15.4 Å². The molecule has 3 N–H and O–H groups in total. The summed E-state index contributed by atoms with van der Waals surface area (Å²) >= 11 is 5.92. The van der Waals surface area contributed by atoms with Gasteiger partial charge in [0.15, 0.2) is 11.4 Å². The van der Waals surface area contributed by atoms with E-state index in [0.717, 1.165) is 22.2 Å². The molecule has 0 unspecified atom stereocenters. The molecule has 0 spiro atoms. The number of nitrogens with one attached hydrogen (secondary N) is 3. The van der Waals surface area contributed by atoms with Crippen molar-refractivity contribution in [1.29, 1.82) is 0 Å². The van der Waals surface area contributed by atoms with Gasteiger partial charge in [-0.1, -0.05) is 35.9 Å². The van der Waals surface area contributed by atoms with Crippen molar-refractivity contribution in [2.75, 3.05) is 7.11 Å². The van der Waals surface area contributed by atoms with Crippen molar-refractivity contribution in [1.82, 2.24) is 35.2 Å². The Bertz CT molecular complexity index is 3240. The van der Waals surface area contributed by atoms with E-state index in [2.05, 4.69) is 30.8 Å². The molecule has 8 aromatic rings. The van der Waals surface area contributed by atoms with Crippen LogP contribution >= 0.6 is 11.6 Å². The van der Waals surface area contributed by atoms with Gasteiger partial charge in [0.1, 0.15) is 16.3 Å². The Morgan fingerprint density at radius 1 is 0.714 bits per heavy atom. The minimum Gasteiger partial charge on any atom is -0.495 e. The number of carbonyl (C=O) groups excluding carboxylic acids is 3. The second-order valence-corrected chi connectivity index (χ2v) is 18.4. The molecule has 8 rings (SSSR count). The van der Waals surface area contributed by atoms with Crippen LogP contribution in [0.25, 0.3) is 16.7 Å². The first-order chi connectivity index (χ1) is 30.1. The van der Waals surface area contributed by atoms with Crippen molar-refractivity contribution in [3.63, 3.8) is 0 Å². The monoisotopic (exact) mass is 903 g/mol. The average Bonchev–Trinajstić information content (AvgIpc) is 3.97. The van der Waals surface area contributed by atoms with E-state index in [1.807, 2.05) is 0 Å². The molecule has 63 heavy (non-hydrogen) atoms. The van der Waals surface area contributed by atoms with E-state index in [9.17, 15) is 31.2 Å². The summed E-state index contributed by atoms with van der Waals surface area (Å²) in [6.45, 7) is 3.56. The van der Waals surface area contributed by atoms with Gasteiger partial charge >= 0.3 is 0 Å². The van der Waals surface area contributed by atoms with Gasteiger partial charge in [-0.25, -0.2) is 26.8 Å². The van der Waals surface area contributed by atoms with Crippen LogP contribution in [0.2, 0.25) is 5.02 Å². The van der Waals surface area contributed by atoms with Crippen LogP contribution in [-0.4, -0.2) is 66.1 Å². The lowest BCUT2D eigenvalue weighted by atomic mass is 10.1. The summed E-state index contributed by atoms with van der Waals surface area (Å²) < 4.78 is 59.1. The highest BCUT2D eigenvalue weighted by Gasteiger charge is 2.24. The van der Waals surface area contributed by atoms with Crippen molar-refractivity contribution >= 4 is 65.6 Å². The molecule has 0 radical (unpaired) electrons. The van der Waals surface area contributed by atoms with E-state index in [4.69, 9.17) is 16.3 Å². The number of methoxy groups -OCH3 is 1. The maximum Gasteiger partial charge on any atom is 0.253 e. The molecule has 0 fully saturated rings. The molecule has 0 bridgehead atoms. The van der Waals surface area contributed by atoms with E-state index in [-0.39, 0.29) is 61.6 Å². The molecule has 2 amide bonds. The second-order valence-electron chi connectivity index (χ2n) is 14.1. The number of Topliss-reactive ketones (excluding diaryl/α,β-unsaturated/α-hetero) is 1. The molecule has 0 saturated carbocycles. The van der Waals surface area contributed by atoms with Crippen LogP contribution in [0.4, 0.5) is 0 Å². The lowest BCUT2D eigenvalue weighted by molar-refractivity contribution is 0.0942. The van der Waals surface area contributed by atoms with Gasteiger partial charge in [0.2, 0.25) is 19.7 Å². The third-order valence-electron chi connectivity index (χ3n) is 9.86. The van der Waals surface area contributed by atoms with Crippen molar-refractivity contribution in [3.8, 4) is 5.75 Å². The topological polar surface area (TPSA) is 212 Å². The summed E-state index contributed by atoms with van der Waals surface area (Å²) in [6, 6.07) is 26.8. The van der Waals surface area contributed by atoms with Gasteiger partial charge < -0.3 is 19.8 Å². The van der Waals surface area contributed by atoms with Crippen molar-refractivity contribution < 1.29 is 36.0 Å². The molecule has 4 aromatic heterocycles. The highest BCUT2D eigenvalue weighted by Crippen LogP contribution is 2.31. The van der Waals surface area contributed by atoms with Gasteiger partial charge in [0.05, 0.1) is 39.1 Å². The largest absolute Gasteiger partial charge is 0.495 e. The molecule has 4 aromatic carbocycles. The van der Waals surface area contributed by atoms with Crippen molar-refractivity contribution in [3.05, 3.63) is 173 Å². The van der Waals surface area contributed by atoms with Gasteiger partial charge in [-0.3, -0.25) is 19.5 Å². The van der Waals surface area contributed by atoms with Crippen LogP contribution in [0.3, 0.4) is 0 Å². The van der Waals surface area contributed by atoms with Gasteiger partial charge in [-0.2, -0.15) is 5.10 Å². The number of imidazole rings is 1. The Morgan fingerprint density at radius 3 is 1.95 bits per heavy atom. The zero-order valence-corrected chi connectivity index (χ0v) is 36.3. The number of fused-ring (bicyclic) bond motifs is 2. The lowest BCUT2D eigenvalue weighted by Crippen LogP contribution is -2.23. The van der Waals surface area contributed by atoms with Crippen molar-refractivity contribution in [2.24, 2.45) is 0 Å². The third kappa shape index (κ3) is 9.80. The first kappa shape index (κ1) is 43.9. The maximum atomic E-state index is 13.2. The predicted octanol–water partition coefficient (Wildman–Crippen LogP) is 6.99. The molecule has 0 aliphatic heterocycles. The van der Waals surface area contributed by atoms with E-state index in [1.54, 1.807) is 90.7 Å². The van der Waals surface area contributed by atoms with Crippen LogP contribution in [-0.2, 0) is 32.8 Å². The predicted molar refractivity (Wildman–Crippen MR) is 234 cm³/mol. The first-order valence-electron chi connectivity index (χ1n) is 19.1. The molecular weight excluding hydrogens is 866 g/mol. The Kier molecular flexibility index (Phi) is 12.8. The average molecular weight is 904 g/mol. The zero-order chi connectivity index (χ0) is 44.9. The smallest absolute Gasteiger partial charge is 0.253 e. The number of hydrogen-bond donors (Lipinski definition) is 3. The number of sulfone groups is 2. The fraction of sp³-hybridized carbons (Fsp3) is 0.111. The molecule has 0 saturated heterocycles. The number of aryl methyl sites for hydroxylation is 1. The molecule has 4 heterocycles. The summed E-state index contributed by atoms with van der Waals surface area (Å²) in [6.07, 6.45) is 8.17. The van der Waals surface area contributed by atoms with Gasteiger partial charge in [0, 0.05) is 53.8 Å². The van der Waals surface area contributed by atoms with Crippen LogP contribution in [0.5, 0.6) is 5.75 Å². The van der Waals surface area contributed by atoms with Crippen LogP contribution in [0.15, 0.2) is 154 Å². The molecule has 320 valence electrons. The lowest BCUT2D eigenvalue weighted by Gasteiger charge is -2.12. The summed E-state index contributed by atoms with van der Waals surface area (Å²) in [7, 11) is -6.20. The summed E-state index contributed by atoms with van der Waals surface area (Å²) in [5.74, 6) is -0.620. The number of halogens is 1. The van der Waals surface area contributed by atoms with Crippen LogP contribution in [0.1, 0.15) is 54.7 Å². The highest BCUT2D eigenvalue weighted by molar-refractivity contribution is 7.92. The second kappa shape index (κ2) is 18.4. The van der Waals surface area contributed by atoms with Gasteiger partial charge in [-0.15, -0.1) is 0 Å². The number of nitrogens with zero attached hydrogens (tertiary/aromatic N) is 4. The Hall–Kier alpha value is -7.21. The Morgan fingerprint density at radius 2 is 1.33 bits per heavy atom. The number of aromatic nitrogens is 5. The number of carbonyl (C=O) groups is 3. The zero-order valence-electron chi connectivity index (χ0n) is 33.9. The fourth-order valence-corrected chi connectivity index (χ4v) is 9.58. The number of hydrogen-bond acceptors (Lipinski definition) is 11. The standard InChI is InChI=1S/C24H21N3O5S.C21H17ClN4O3S/c1-16(28)18-5-9-21(32-2)22(13-18)33(30,31)20-7-3-17(4-8-20)14-26-24(29)19-6-10-23-25-11-12-27(23)15-19;1-13-8-17(22)4-7-19(13)30(28,29)18-5-2-14(3-6-18)10-24-21(27)16-9-15-12-25-26-20(15)23-11-16/h3-13,15H,14H2,1-2H3,(H,26,29);2-9,11-12H,10H2,1H3,(H,24,27)(H,23,25,26). The van der Waals surface area contributed by atoms with E-state index in [0.29, 0.717) is 27.4 Å². The summed E-state index contributed by atoms with van der Waals surface area (Å²) in [4.78, 5) is 45.2. The molecule has 15 nitrogen and oxygen atoms in total. The molecule has 0 aliphatic rings. The minimum absolute atomic E-state index is 0.0575. The third-order valence-corrected chi connectivity index (χ3v) is 13.8. The summed E-state index contributed by atoms with van der Waals surface area (Å²) in [5.41, 5.74) is 4.62. The molecule has 18 heteroatoms. The van der Waals surface area contributed by atoms with E-state index < -0.39 is 19.7 Å². The number of rotatable bonds is 12. The Balaban J connectivity index is 0.000000190. The number of amides is 2. The number of ether oxygens (including phenoxy) is 1. The quantitative estimate of drug-likeness (QED) is 0.106. The number of H-pyrrole nitrogens is 1. The highest BCUT2D eigenvalue weighted by atomic mass is 35.5. The maximum absolute atomic E-state index is 13.2. The first-order valence-corrected chi connectivity index (χ1v) is 22.4. The molecular formula is C45H38ClN7O8S2. The SMILES string of the molecule is COc1ccc(C(C)=O)cc1S(=O)(=O)c1ccc(CNC(=O)c2ccc3nccn3c2)cc1.Cc1cc(Cl)ccc1S(=O)(=O)c1ccc(CNC(=O)c2cnc3[nH]ncc3c2)cc1. The molecule has 0 aliphatic carbocycles. The van der Waals surface area contributed by atoms with Gasteiger partial charge in [-0.05, 0) is 109 Å². The van der Waals surface area contributed by atoms with Crippen LogP contribution in [0, 0.1) is 6.92 Å². The van der Waals surface area contributed by atoms with E-state index >= 15 is 0 Å². The number of pyridine rings is 2. The Labute approximate surface area is 367 Å². The van der Waals surface area contributed by atoms with Crippen molar-refractivity contribution in [2.45, 2.75) is 46.5 Å². The summed E-state index contributed by atoms with van der Waals surface area (Å²) in [5, 5.41) is 13.5. The molecule has 0 atom stereocenters. The normalized spacial score (nSPS) is 11.4. The van der Waals surface area contributed by atoms with E-state index in [1.165, 1.54) is 68.8 Å². The number of ketones is 1. The number of aromatic amines is 1. The minimum atomic E-state index is -3.92.